The first-order chi connectivity index (χ1) is 16.0. The van der Waals surface area contributed by atoms with Crippen molar-refractivity contribution in [2.24, 2.45) is 0 Å². The van der Waals surface area contributed by atoms with Crippen molar-refractivity contribution < 1.29 is 19.5 Å². The van der Waals surface area contributed by atoms with Crippen LogP contribution in [0.2, 0.25) is 0 Å². The fraction of sp³-hybridized carbons (Fsp3) is 0.400. The minimum absolute atomic E-state index is 0.0742. The molecule has 1 saturated heterocycles. The average Bonchev–Trinajstić information content (AvgIpc) is 2.84. The molecule has 8 heteroatoms. The second-order valence-corrected chi connectivity index (χ2v) is 8.15. The number of carboxylic acids is 1. The van der Waals surface area contributed by atoms with E-state index in [1.165, 1.54) is 5.56 Å². The van der Waals surface area contributed by atoms with Gasteiger partial charge in [0.05, 0.1) is 12.5 Å². The van der Waals surface area contributed by atoms with Gasteiger partial charge in [0.25, 0.3) is 0 Å². The van der Waals surface area contributed by atoms with Gasteiger partial charge in [0, 0.05) is 43.5 Å². The third-order valence-corrected chi connectivity index (χ3v) is 5.85. The molecule has 0 unspecified atom stereocenters. The molecule has 2 aromatic rings. The molecular formula is C25H31N4O4-. The first-order valence-electron chi connectivity index (χ1n) is 11.4. The van der Waals surface area contributed by atoms with Crippen LogP contribution in [0.4, 0.5) is 16.2 Å². The van der Waals surface area contributed by atoms with E-state index >= 15 is 0 Å². The number of carbonyl (C=O) groups excluding carboxylic acids is 3. The number of nitrogens with one attached hydrogen (secondary N) is 2. The molecule has 2 N–H and O–H groups in total. The van der Waals surface area contributed by atoms with Crippen LogP contribution in [-0.2, 0) is 16.0 Å². The highest BCUT2D eigenvalue weighted by Gasteiger charge is 2.28. The molecule has 0 radical (unpaired) electrons. The van der Waals surface area contributed by atoms with Gasteiger partial charge in [-0.1, -0.05) is 37.3 Å². The van der Waals surface area contributed by atoms with Gasteiger partial charge < -0.3 is 30.3 Å². The smallest absolute Gasteiger partial charge is 0.319 e. The van der Waals surface area contributed by atoms with Crippen molar-refractivity contribution in [3.63, 3.8) is 0 Å². The topological polar surface area (TPSA) is 105 Å². The van der Waals surface area contributed by atoms with E-state index in [-0.39, 0.29) is 11.9 Å². The number of aliphatic carboxylic acids is 1. The van der Waals surface area contributed by atoms with Crippen LogP contribution in [0, 0.1) is 0 Å². The number of anilines is 2. The Morgan fingerprint density at radius 3 is 2.30 bits per heavy atom. The third-order valence-electron chi connectivity index (χ3n) is 5.85. The van der Waals surface area contributed by atoms with E-state index in [4.69, 9.17) is 0 Å². The Hall–Kier alpha value is -3.39. The molecule has 3 amide bonds. The van der Waals surface area contributed by atoms with Crippen molar-refractivity contribution in [1.82, 2.24) is 10.2 Å². The fourth-order valence-corrected chi connectivity index (χ4v) is 4.09. The molecule has 1 fully saturated rings. The number of amides is 3. The minimum Gasteiger partial charge on any atom is -0.548 e. The van der Waals surface area contributed by atoms with Crippen LogP contribution >= 0.6 is 0 Å². The summed E-state index contributed by atoms with van der Waals surface area (Å²) in [6.07, 6.45) is 3.26. The number of piperidine rings is 1. The van der Waals surface area contributed by atoms with Crippen LogP contribution in [-0.4, -0.2) is 55.0 Å². The van der Waals surface area contributed by atoms with E-state index in [9.17, 15) is 19.5 Å². The summed E-state index contributed by atoms with van der Waals surface area (Å²) in [5, 5.41) is 15.2. The van der Waals surface area contributed by atoms with Gasteiger partial charge in [0.1, 0.15) is 0 Å². The van der Waals surface area contributed by atoms with E-state index in [2.05, 4.69) is 39.8 Å². The summed E-state index contributed by atoms with van der Waals surface area (Å²) < 4.78 is 0. The van der Waals surface area contributed by atoms with Crippen molar-refractivity contribution in [1.29, 1.82) is 0 Å². The average molecular weight is 452 g/mol. The van der Waals surface area contributed by atoms with Gasteiger partial charge in [-0.2, -0.15) is 0 Å². The first kappa shape index (κ1) is 24.3. The Bertz CT molecular complexity index is 925. The number of nitrogens with zero attached hydrogens (tertiary/aromatic N) is 2. The molecule has 1 heterocycles. The van der Waals surface area contributed by atoms with Crippen LogP contribution in [0.3, 0.4) is 0 Å². The highest BCUT2D eigenvalue weighted by atomic mass is 16.4. The van der Waals surface area contributed by atoms with Gasteiger partial charge in [-0.25, -0.2) is 4.79 Å². The van der Waals surface area contributed by atoms with Gasteiger partial charge >= 0.3 is 6.03 Å². The highest BCUT2D eigenvalue weighted by molar-refractivity contribution is 5.95. The zero-order valence-electron chi connectivity index (χ0n) is 19.0. The maximum atomic E-state index is 12.8. The zero-order chi connectivity index (χ0) is 23.6. The molecule has 0 atom stereocenters. The molecule has 33 heavy (non-hydrogen) atoms. The van der Waals surface area contributed by atoms with Gasteiger partial charge in [-0.3, -0.25) is 4.79 Å². The number of urea groups is 1. The van der Waals surface area contributed by atoms with E-state index in [1.54, 1.807) is 12.1 Å². The lowest BCUT2D eigenvalue weighted by Crippen LogP contribution is -2.47. The Morgan fingerprint density at radius 1 is 1.03 bits per heavy atom. The second kappa shape index (κ2) is 12.0. The zero-order valence-corrected chi connectivity index (χ0v) is 19.0. The molecule has 0 aromatic heterocycles. The Kier molecular flexibility index (Phi) is 8.83. The number of hydrogen-bond acceptors (Lipinski definition) is 5. The molecule has 0 bridgehead atoms. The quantitative estimate of drug-likeness (QED) is 0.607. The van der Waals surface area contributed by atoms with Crippen LogP contribution < -0.4 is 20.6 Å². The third kappa shape index (κ3) is 7.32. The van der Waals surface area contributed by atoms with Crippen molar-refractivity contribution in [3.05, 3.63) is 60.2 Å². The Morgan fingerprint density at radius 2 is 1.70 bits per heavy atom. The van der Waals surface area contributed by atoms with Crippen LogP contribution in [0.5, 0.6) is 0 Å². The maximum Gasteiger partial charge on any atom is 0.319 e. The number of likely N-dealkylation sites (tertiary alicyclic amines) is 1. The monoisotopic (exact) mass is 451 g/mol. The lowest BCUT2D eigenvalue weighted by Gasteiger charge is -2.38. The van der Waals surface area contributed by atoms with Crippen LogP contribution in [0.25, 0.3) is 0 Å². The maximum absolute atomic E-state index is 12.8. The van der Waals surface area contributed by atoms with E-state index < -0.39 is 18.5 Å². The SMILES string of the molecule is CCC(=O)N(c1ccc(NC(=O)NCC(=O)[O-])cc1)C1CCN(CCc2ccccc2)CC1. The van der Waals surface area contributed by atoms with E-state index in [0.29, 0.717) is 12.1 Å². The summed E-state index contributed by atoms with van der Waals surface area (Å²) in [5.74, 6) is -1.29. The number of rotatable bonds is 9. The van der Waals surface area contributed by atoms with Crippen molar-refractivity contribution >= 4 is 29.3 Å². The van der Waals surface area contributed by atoms with Gasteiger partial charge in [-0.15, -0.1) is 0 Å². The summed E-state index contributed by atoms with van der Waals surface area (Å²) in [4.78, 5) is 39.3. The van der Waals surface area contributed by atoms with Gasteiger partial charge in [-0.05, 0) is 49.1 Å². The standard InChI is InChI=1S/C25H32N4O4/c1-2-23(30)29(21-10-8-20(9-11-21)27-25(33)26-18-24(31)32)22-13-16-28(17-14-22)15-12-19-6-4-3-5-7-19/h3-11,22H,2,12-18H2,1H3,(H,31,32)(H2,26,27,33)/p-1. The molecule has 176 valence electrons. The lowest BCUT2D eigenvalue weighted by atomic mass is 10.0. The number of carbonyl (C=O) groups is 3. The molecule has 0 saturated carbocycles. The summed E-state index contributed by atoms with van der Waals surface area (Å²) in [6, 6.07) is 17.0. The summed E-state index contributed by atoms with van der Waals surface area (Å²) in [7, 11) is 0. The van der Waals surface area contributed by atoms with Crippen molar-refractivity contribution in [2.45, 2.75) is 38.6 Å². The van der Waals surface area contributed by atoms with Crippen molar-refractivity contribution in [3.8, 4) is 0 Å². The lowest BCUT2D eigenvalue weighted by molar-refractivity contribution is -0.303. The predicted molar refractivity (Wildman–Crippen MR) is 126 cm³/mol. The van der Waals surface area contributed by atoms with E-state index in [0.717, 1.165) is 44.6 Å². The molecule has 1 aliphatic heterocycles. The second-order valence-electron chi connectivity index (χ2n) is 8.15. The largest absolute Gasteiger partial charge is 0.548 e. The fourth-order valence-electron chi connectivity index (χ4n) is 4.09. The summed E-state index contributed by atoms with van der Waals surface area (Å²) >= 11 is 0. The summed E-state index contributed by atoms with van der Waals surface area (Å²) in [6.45, 7) is 4.21. The normalized spacial score (nSPS) is 14.5. The minimum atomic E-state index is -1.36. The molecule has 0 spiro atoms. The molecule has 0 aliphatic carbocycles. The first-order valence-corrected chi connectivity index (χ1v) is 11.4. The number of hydrogen-bond donors (Lipinski definition) is 2. The molecule has 8 nitrogen and oxygen atoms in total. The molecule has 3 rings (SSSR count). The van der Waals surface area contributed by atoms with Crippen molar-refractivity contribution in [2.75, 3.05) is 36.4 Å². The van der Waals surface area contributed by atoms with Crippen LogP contribution in [0.15, 0.2) is 54.6 Å². The highest BCUT2D eigenvalue weighted by Crippen LogP contribution is 2.26. The van der Waals surface area contributed by atoms with Gasteiger partial charge in [0.15, 0.2) is 0 Å². The number of carboxylic acid groups (broad SMARTS) is 1. The predicted octanol–water partition coefficient (Wildman–Crippen LogP) is 2.01. The number of benzene rings is 2. The molecule has 2 aromatic carbocycles. The Balaban J connectivity index is 1.57. The van der Waals surface area contributed by atoms with Gasteiger partial charge in [0.2, 0.25) is 5.91 Å². The van der Waals surface area contributed by atoms with E-state index in [1.807, 2.05) is 30.0 Å². The summed E-state index contributed by atoms with van der Waals surface area (Å²) in [5.41, 5.74) is 2.64. The Labute approximate surface area is 194 Å². The molecule has 1 aliphatic rings. The van der Waals surface area contributed by atoms with Crippen LogP contribution in [0.1, 0.15) is 31.7 Å². The molecular weight excluding hydrogens is 420 g/mol.